The van der Waals surface area contributed by atoms with E-state index >= 15 is 0 Å². The Bertz CT molecular complexity index is 649. The summed E-state index contributed by atoms with van der Waals surface area (Å²) in [5, 5.41) is 3.19. The van der Waals surface area contributed by atoms with Crippen molar-refractivity contribution in [2.45, 2.75) is 13.3 Å². The molecule has 0 radical (unpaired) electrons. The summed E-state index contributed by atoms with van der Waals surface area (Å²) in [4.78, 5) is 8.84. The van der Waals surface area contributed by atoms with Gasteiger partial charge in [0.25, 0.3) is 0 Å². The van der Waals surface area contributed by atoms with Crippen LogP contribution >= 0.6 is 15.9 Å². The number of benzene rings is 1. The maximum Gasteiger partial charge on any atom is 0.175 e. The molecule has 2 aromatic rings. The Hall–Kier alpha value is -1.82. The van der Waals surface area contributed by atoms with Crippen LogP contribution in [-0.4, -0.2) is 29.7 Å². The van der Waals surface area contributed by atoms with Crippen molar-refractivity contribution in [3.63, 3.8) is 0 Å². The molecular weight excluding hydrogens is 334 g/mol. The largest absolute Gasteiger partial charge is 0.489 e. The van der Waals surface area contributed by atoms with E-state index < -0.39 is 0 Å². The van der Waals surface area contributed by atoms with Crippen molar-refractivity contribution in [3.05, 3.63) is 28.9 Å². The summed E-state index contributed by atoms with van der Waals surface area (Å²) >= 11 is 3.54. The Kier molecular flexibility index (Phi) is 4.24. The third-order valence-electron chi connectivity index (χ3n) is 3.07. The second kappa shape index (κ2) is 6.30. The number of halogens is 1. The van der Waals surface area contributed by atoms with Gasteiger partial charge in [-0.1, -0.05) is 0 Å². The van der Waals surface area contributed by atoms with E-state index in [-0.39, 0.29) is 0 Å². The van der Waals surface area contributed by atoms with Crippen LogP contribution in [0, 0.1) is 0 Å². The highest BCUT2D eigenvalue weighted by atomic mass is 79.9. The minimum Gasteiger partial charge on any atom is -0.489 e. The Labute approximate surface area is 131 Å². The van der Waals surface area contributed by atoms with Crippen LogP contribution in [0.1, 0.15) is 13.3 Å². The van der Waals surface area contributed by atoms with Gasteiger partial charge in [0.1, 0.15) is 5.82 Å². The molecule has 1 aromatic carbocycles. The third-order valence-corrected chi connectivity index (χ3v) is 3.66. The van der Waals surface area contributed by atoms with Gasteiger partial charge in [0.05, 0.1) is 17.7 Å². The van der Waals surface area contributed by atoms with Crippen molar-refractivity contribution >= 4 is 21.7 Å². The van der Waals surface area contributed by atoms with Gasteiger partial charge >= 0.3 is 0 Å². The van der Waals surface area contributed by atoms with E-state index in [1.807, 2.05) is 25.1 Å². The lowest BCUT2D eigenvalue weighted by Crippen LogP contribution is -2.01. The molecule has 0 spiro atoms. The molecule has 0 saturated carbocycles. The van der Waals surface area contributed by atoms with Crippen molar-refractivity contribution < 1.29 is 9.47 Å². The highest BCUT2D eigenvalue weighted by Gasteiger charge is 2.17. The number of nitrogens with one attached hydrogen (secondary N) is 1. The number of ether oxygens (including phenoxy) is 2. The zero-order valence-electron chi connectivity index (χ0n) is 11.7. The van der Waals surface area contributed by atoms with Crippen molar-refractivity contribution in [3.8, 4) is 22.9 Å². The van der Waals surface area contributed by atoms with Gasteiger partial charge in [-0.2, -0.15) is 0 Å². The number of anilines is 1. The van der Waals surface area contributed by atoms with Crippen molar-refractivity contribution in [2.24, 2.45) is 0 Å². The standard InChI is InChI=1S/C15H16BrN3O2/c1-2-17-13-4-5-18-15(19-13)10-8-11(16)14-12(9-10)20-6-3-7-21-14/h4-5,8-9H,2-3,6-7H2,1H3,(H,17,18,19). The summed E-state index contributed by atoms with van der Waals surface area (Å²) in [5.74, 6) is 2.95. The van der Waals surface area contributed by atoms with Gasteiger partial charge in [-0.3, -0.25) is 0 Å². The van der Waals surface area contributed by atoms with E-state index in [0.717, 1.165) is 40.3 Å². The molecule has 5 nitrogen and oxygen atoms in total. The quantitative estimate of drug-likeness (QED) is 0.918. The fraction of sp³-hybridized carbons (Fsp3) is 0.333. The number of nitrogens with zero attached hydrogens (tertiary/aromatic N) is 2. The number of rotatable bonds is 3. The first kappa shape index (κ1) is 14.1. The Morgan fingerprint density at radius 2 is 2.14 bits per heavy atom. The molecule has 0 bridgehead atoms. The maximum absolute atomic E-state index is 5.74. The van der Waals surface area contributed by atoms with Crippen molar-refractivity contribution in [1.82, 2.24) is 9.97 Å². The van der Waals surface area contributed by atoms with Crippen LogP contribution in [0.25, 0.3) is 11.4 Å². The average Bonchev–Trinajstić information content (AvgIpc) is 2.73. The second-order valence-corrected chi connectivity index (χ2v) is 5.49. The molecule has 0 amide bonds. The second-order valence-electron chi connectivity index (χ2n) is 4.63. The van der Waals surface area contributed by atoms with Crippen LogP contribution in [0.15, 0.2) is 28.9 Å². The van der Waals surface area contributed by atoms with Crippen LogP contribution in [0.5, 0.6) is 11.5 Å². The lowest BCUT2D eigenvalue weighted by atomic mass is 10.2. The molecule has 21 heavy (non-hydrogen) atoms. The van der Waals surface area contributed by atoms with Crippen LogP contribution in [0.4, 0.5) is 5.82 Å². The average molecular weight is 350 g/mol. The Balaban J connectivity index is 2.01. The van der Waals surface area contributed by atoms with E-state index in [1.165, 1.54) is 0 Å². The van der Waals surface area contributed by atoms with E-state index in [9.17, 15) is 0 Å². The molecule has 0 fully saturated rings. The highest BCUT2D eigenvalue weighted by molar-refractivity contribution is 9.10. The van der Waals surface area contributed by atoms with Gasteiger partial charge in [-0.25, -0.2) is 9.97 Å². The molecular formula is C15H16BrN3O2. The van der Waals surface area contributed by atoms with Crippen LogP contribution in [-0.2, 0) is 0 Å². The third kappa shape index (κ3) is 3.10. The van der Waals surface area contributed by atoms with Crippen LogP contribution < -0.4 is 14.8 Å². The molecule has 6 heteroatoms. The molecule has 0 saturated heterocycles. The van der Waals surface area contributed by atoms with Gasteiger partial charge in [0, 0.05) is 24.7 Å². The van der Waals surface area contributed by atoms with E-state index in [0.29, 0.717) is 19.0 Å². The summed E-state index contributed by atoms with van der Waals surface area (Å²) < 4.78 is 12.3. The zero-order valence-corrected chi connectivity index (χ0v) is 13.3. The lowest BCUT2D eigenvalue weighted by Gasteiger charge is -2.11. The summed E-state index contributed by atoms with van der Waals surface area (Å²) in [6, 6.07) is 5.74. The molecule has 1 aliphatic heterocycles. The molecule has 0 unspecified atom stereocenters. The smallest absolute Gasteiger partial charge is 0.175 e. The van der Waals surface area contributed by atoms with E-state index in [2.05, 4.69) is 31.2 Å². The van der Waals surface area contributed by atoms with E-state index in [4.69, 9.17) is 9.47 Å². The topological polar surface area (TPSA) is 56.3 Å². The van der Waals surface area contributed by atoms with Crippen LogP contribution in [0.2, 0.25) is 0 Å². The zero-order chi connectivity index (χ0) is 14.7. The predicted octanol–water partition coefficient (Wildman–Crippen LogP) is 3.50. The molecule has 0 atom stereocenters. The first-order chi connectivity index (χ1) is 10.3. The number of aromatic nitrogens is 2. The number of fused-ring (bicyclic) bond motifs is 1. The number of hydrogen-bond acceptors (Lipinski definition) is 5. The van der Waals surface area contributed by atoms with Gasteiger partial charge in [-0.05, 0) is 41.1 Å². The summed E-state index contributed by atoms with van der Waals surface area (Å²) in [6.07, 6.45) is 2.63. The molecule has 1 aromatic heterocycles. The van der Waals surface area contributed by atoms with Gasteiger partial charge in [0.2, 0.25) is 0 Å². The van der Waals surface area contributed by atoms with Crippen molar-refractivity contribution in [1.29, 1.82) is 0 Å². The molecule has 2 heterocycles. The van der Waals surface area contributed by atoms with Gasteiger partial charge < -0.3 is 14.8 Å². The summed E-state index contributed by atoms with van der Waals surface area (Å²) in [6.45, 7) is 4.17. The summed E-state index contributed by atoms with van der Waals surface area (Å²) in [7, 11) is 0. The molecule has 1 aliphatic rings. The van der Waals surface area contributed by atoms with Gasteiger partial charge in [-0.15, -0.1) is 0 Å². The van der Waals surface area contributed by atoms with E-state index in [1.54, 1.807) is 6.20 Å². The minimum absolute atomic E-state index is 0.654. The summed E-state index contributed by atoms with van der Waals surface area (Å²) in [5.41, 5.74) is 0.894. The maximum atomic E-state index is 5.74. The highest BCUT2D eigenvalue weighted by Crippen LogP contribution is 2.40. The molecule has 110 valence electrons. The first-order valence-corrected chi connectivity index (χ1v) is 7.73. The molecule has 1 N–H and O–H groups in total. The number of hydrogen-bond donors (Lipinski definition) is 1. The Morgan fingerprint density at radius 3 is 3.00 bits per heavy atom. The SMILES string of the molecule is CCNc1ccnc(-c2cc(Br)c3c(c2)OCCCO3)n1. The first-order valence-electron chi connectivity index (χ1n) is 6.94. The minimum atomic E-state index is 0.654. The molecule has 3 rings (SSSR count). The Morgan fingerprint density at radius 1 is 1.29 bits per heavy atom. The van der Waals surface area contributed by atoms with Gasteiger partial charge in [0.15, 0.2) is 17.3 Å². The normalized spacial score (nSPS) is 13.6. The fourth-order valence-corrected chi connectivity index (χ4v) is 2.69. The lowest BCUT2D eigenvalue weighted by molar-refractivity contribution is 0.296. The monoisotopic (exact) mass is 349 g/mol. The fourth-order valence-electron chi connectivity index (χ4n) is 2.14. The van der Waals surface area contributed by atoms with Crippen LogP contribution in [0.3, 0.4) is 0 Å². The van der Waals surface area contributed by atoms with Crippen molar-refractivity contribution in [2.75, 3.05) is 25.1 Å². The predicted molar refractivity (Wildman–Crippen MR) is 84.9 cm³/mol. The molecule has 0 aliphatic carbocycles.